The minimum Gasteiger partial charge on any atom is -0.310 e. The highest BCUT2D eigenvalue weighted by molar-refractivity contribution is 6.10. The van der Waals surface area contributed by atoms with Crippen LogP contribution < -0.4 is 4.90 Å². The molecule has 1 heterocycles. The zero-order valence-electron chi connectivity index (χ0n) is 26.4. The minimum absolute atomic E-state index is 1.11. The topological polar surface area (TPSA) is 8.17 Å². The fraction of sp³-hybridized carbons (Fsp3) is 0. The lowest BCUT2D eigenvalue weighted by atomic mass is 9.92. The molecule has 0 unspecified atom stereocenters. The molecular formula is C46H32N2. The van der Waals surface area contributed by atoms with Gasteiger partial charge in [0.1, 0.15) is 0 Å². The van der Waals surface area contributed by atoms with E-state index in [-0.39, 0.29) is 0 Å². The third-order valence-corrected chi connectivity index (χ3v) is 9.38. The fourth-order valence-electron chi connectivity index (χ4n) is 7.25. The van der Waals surface area contributed by atoms with Crippen LogP contribution in [-0.4, -0.2) is 4.57 Å². The average Bonchev–Trinajstić information content (AvgIpc) is 3.50. The maximum Gasteiger partial charge on any atom is 0.0541 e. The number of para-hydroxylation sites is 5. The predicted octanol–water partition coefficient (Wildman–Crippen LogP) is 12.7. The molecule has 0 saturated carbocycles. The molecule has 0 N–H and O–H groups in total. The predicted molar refractivity (Wildman–Crippen MR) is 204 cm³/mol. The Hall–Kier alpha value is -6.38. The molecule has 0 aliphatic rings. The molecule has 2 heteroatoms. The van der Waals surface area contributed by atoms with Crippen LogP contribution in [-0.2, 0) is 0 Å². The van der Waals surface area contributed by atoms with Crippen molar-refractivity contribution in [1.29, 1.82) is 0 Å². The molecule has 0 aliphatic carbocycles. The molecule has 9 aromatic rings. The van der Waals surface area contributed by atoms with Gasteiger partial charge < -0.3 is 9.47 Å². The van der Waals surface area contributed by atoms with Crippen LogP contribution in [0.1, 0.15) is 0 Å². The zero-order valence-corrected chi connectivity index (χ0v) is 26.4. The van der Waals surface area contributed by atoms with Crippen molar-refractivity contribution in [2.45, 2.75) is 0 Å². The van der Waals surface area contributed by atoms with Crippen molar-refractivity contribution < 1.29 is 0 Å². The number of benzene rings is 8. The lowest BCUT2D eigenvalue weighted by Crippen LogP contribution is -2.11. The molecule has 0 aliphatic heterocycles. The van der Waals surface area contributed by atoms with Crippen LogP contribution in [0.4, 0.5) is 17.1 Å². The van der Waals surface area contributed by atoms with Crippen LogP contribution in [0.15, 0.2) is 194 Å². The van der Waals surface area contributed by atoms with Gasteiger partial charge in [-0.15, -0.1) is 0 Å². The van der Waals surface area contributed by atoms with Crippen LogP contribution >= 0.6 is 0 Å². The Labute approximate surface area is 280 Å². The van der Waals surface area contributed by atoms with E-state index >= 15 is 0 Å². The molecule has 0 spiro atoms. The molecule has 0 atom stereocenters. The first-order valence-corrected chi connectivity index (χ1v) is 16.5. The molecule has 0 saturated heterocycles. The van der Waals surface area contributed by atoms with E-state index in [4.69, 9.17) is 0 Å². The summed E-state index contributed by atoms with van der Waals surface area (Å²) in [5.41, 5.74) is 11.7. The molecule has 0 fully saturated rings. The van der Waals surface area contributed by atoms with Gasteiger partial charge in [-0.25, -0.2) is 0 Å². The number of rotatable bonds is 6. The van der Waals surface area contributed by atoms with Gasteiger partial charge in [-0.3, -0.25) is 0 Å². The lowest BCUT2D eigenvalue weighted by Gasteiger charge is -2.28. The van der Waals surface area contributed by atoms with Crippen molar-refractivity contribution in [3.63, 3.8) is 0 Å². The number of hydrogen-bond acceptors (Lipinski definition) is 1. The van der Waals surface area contributed by atoms with E-state index in [9.17, 15) is 0 Å². The van der Waals surface area contributed by atoms with E-state index in [1.54, 1.807) is 0 Å². The molecule has 8 aromatic carbocycles. The van der Waals surface area contributed by atoms with Crippen molar-refractivity contribution >= 4 is 49.6 Å². The number of anilines is 3. The maximum atomic E-state index is 2.42. The van der Waals surface area contributed by atoms with E-state index in [1.807, 2.05) is 0 Å². The number of fused-ring (bicyclic) bond motifs is 4. The Kier molecular flexibility index (Phi) is 6.84. The highest BCUT2D eigenvalue weighted by atomic mass is 15.1. The van der Waals surface area contributed by atoms with E-state index in [0.29, 0.717) is 0 Å². The first kappa shape index (κ1) is 27.9. The Morgan fingerprint density at radius 2 is 0.875 bits per heavy atom. The summed E-state index contributed by atoms with van der Waals surface area (Å²) in [6.07, 6.45) is 0. The first-order chi connectivity index (χ1) is 23.8. The molecule has 0 bridgehead atoms. The van der Waals surface area contributed by atoms with Gasteiger partial charge in [-0.05, 0) is 76.5 Å². The standard InChI is InChI=1S/C46H32N2/c1-3-18-35(19-4-1)47(36-20-5-2-6-21-36)46-31-30-34(32-42(46)39-26-15-17-33-16-7-8-22-37(33)39)38-23-9-12-27-43(38)48-44-28-13-10-24-40(44)41-25-11-14-29-45(41)48/h1-32H. The van der Waals surface area contributed by atoms with Gasteiger partial charge in [-0.2, -0.15) is 0 Å². The number of hydrogen-bond donors (Lipinski definition) is 0. The third-order valence-electron chi connectivity index (χ3n) is 9.38. The molecule has 2 nitrogen and oxygen atoms in total. The smallest absolute Gasteiger partial charge is 0.0541 e. The minimum atomic E-state index is 1.11. The Morgan fingerprint density at radius 3 is 1.56 bits per heavy atom. The van der Waals surface area contributed by atoms with Crippen molar-refractivity contribution in [1.82, 2.24) is 4.57 Å². The Balaban J connectivity index is 1.33. The van der Waals surface area contributed by atoms with E-state index in [0.717, 1.165) is 22.7 Å². The van der Waals surface area contributed by atoms with Gasteiger partial charge >= 0.3 is 0 Å². The first-order valence-electron chi connectivity index (χ1n) is 16.5. The Morgan fingerprint density at radius 1 is 0.354 bits per heavy atom. The second-order valence-corrected chi connectivity index (χ2v) is 12.2. The summed E-state index contributed by atoms with van der Waals surface area (Å²) in [5.74, 6) is 0. The summed E-state index contributed by atoms with van der Waals surface area (Å²) < 4.78 is 2.42. The second-order valence-electron chi connectivity index (χ2n) is 12.2. The third kappa shape index (κ3) is 4.66. The molecule has 48 heavy (non-hydrogen) atoms. The number of nitrogens with zero attached hydrogens (tertiary/aromatic N) is 2. The van der Waals surface area contributed by atoms with Gasteiger partial charge in [0.15, 0.2) is 0 Å². The Bertz CT molecular complexity index is 2460. The van der Waals surface area contributed by atoms with Crippen molar-refractivity contribution in [2.75, 3.05) is 4.90 Å². The second kappa shape index (κ2) is 11.8. The number of aromatic nitrogens is 1. The van der Waals surface area contributed by atoms with Gasteiger partial charge in [0, 0.05) is 33.3 Å². The van der Waals surface area contributed by atoms with E-state index in [1.165, 1.54) is 54.8 Å². The van der Waals surface area contributed by atoms with Crippen LogP contribution in [0.5, 0.6) is 0 Å². The maximum absolute atomic E-state index is 2.42. The van der Waals surface area contributed by atoms with E-state index in [2.05, 4.69) is 204 Å². The molecule has 1 aromatic heterocycles. The molecule has 9 rings (SSSR count). The quantitative estimate of drug-likeness (QED) is 0.181. The largest absolute Gasteiger partial charge is 0.310 e. The normalized spacial score (nSPS) is 11.3. The summed E-state index contributed by atoms with van der Waals surface area (Å²) in [6, 6.07) is 69.9. The monoisotopic (exact) mass is 612 g/mol. The highest BCUT2D eigenvalue weighted by Crippen LogP contribution is 2.45. The van der Waals surface area contributed by atoms with Gasteiger partial charge in [0.05, 0.1) is 22.4 Å². The van der Waals surface area contributed by atoms with Crippen molar-refractivity contribution in [3.8, 4) is 27.9 Å². The fourth-order valence-corrected chi connectivity index (χ4v) is 7.25. The highest BCUT2D eigenvalue weighted by Gasteiger charge is 2.21. The van der Waals surface area contributed by atoms with Crippen LogP contribution in [0.2, 0.25) is 0 Å². The lowest BCUT2D eigenvalue weighted by molar-refractivity contribution is 1.18. The van der Waals surface area contributed by atoms with Gasteiger partial charge in [-0.1, -0.05) is 140 Å². The molecule has 0 amide bonds. The van der Waals surface area contributed by atoms with Crippen LogP contribution in [0.3, 0.4) is 0 Å². The average molecular weight is 613 g/mol. The summed E-state index contributed by atoms with van der Waals surface area (Å²) in [4.78, 5) is 2.37. The molecule has 0 radical (unpaired) electrons. The van der Waals surface area contributed by atoms with Crippen LogP contribution in [0, 0.1) is 0 Å². The van der Waals surface area contributed by atoms with Crippen molar-refractivity contribution in [3.05, 3.63) is 194 Å². The zero-order chi connectivity index (χ0) is 31.9. The van der Waals surface area contributed by atoms with Crippen LogP contribution in [0.25, 0.3) is 60.5 Å². The van der Waals surface area contributed by atoms with E-state index < -0.39 is 0 Å². The van der Waals surface area contributed by atoms with Gasteiger partial charge in [0.2, 0.25) is 0 Å². The molecular weight excluding hydrogens is 581 g/mol. The summed E-state index contributed by atoms with van der Waals surface area (Å²) in [6.45, 7) is 0. The summed E-state index contributed by atoms with van der Waals surface area (Å²) >= 11 is 0. The SMILES string of the molecule is c1ccc(N(c2ccccc2)c2ccc(-c3ccccc3-n3c4ccccc4c4ccccc43)cc2-c2cccc3ccccc23)cc1. The summed E-state index contributed by atoms with van der Waals surface area (Å²) in [5, 5.41) is 4.98. The molecule has 226 valence electrons. The van der Waals surface area contributed by atoms with Gasteiger partial charge in [0.25, 0.3) is 0 Å². The summed E-state index contributed by atoms with van der Waals surface area (Å²) in [7, 11) is 0. The van der Waals surface area contributed by atoms with Crippen molar-refractivity contribution in [2.24, 2.45) is 0 Å².